The molecule has 1 aromatic rings. The van der Waals surface area contributed by atoms with Crippen LogP contribution in [0.4, 0.5) is 0 Å². The number of amides is 1. The highest BCUT2D eigenvalue weighted by atomic mass is 35.5. The largest absolute Gasteiger partial charge is 0.337 e. The number of nitrogens with zero attached hydrogens (tertiary/aromatic N) is 2. The first-order valence-corrected chi connectivity index (χ1v) is 7.88. The number of aromatic nitrogens is 1. The Morgan fingerprint density at radius 3 is 2.80 bits per heavy atom. The van der Waals surface area contributed by atoms with E-state index in [1.165, 1.54) is 17.8 Å². The van der Waals surface area contributed by atoms with Gasteiger partial charge in [-0.05, 0) is 24.7 Å². The molecule has 1 aromatic heterocycles. The first-order valence-electron chi connectivity index (χ1n) is 7.07. The number of nitrogens with two attached hydrogens (primary N) is 1. The summed E-state index contributed by atoms with van der Waals surface area (Å²) >= 11 is 1.53. The third-order valence-corrected chi connectivity index (χ3v) is 5.71. The zero-order chi connectivity index (χ0) is 13.6. The third-order valence-electron chi connectivity index (χ3n) is 4.43. The van der Waals surface area contributed by atoms with Crippen LogP contribution < -0.4 is 5.73 Å². The van der Waals surface area contributed by atoms with Crippen LogP contribution >= 0.6 is 23.7 Å². The summed E-state index contributed by atoms with van der Waals surface area (Å²) in [7, 11) is 0. The molecule has 1 saturated carbocycles. The van der Waals surface area contributed by atoms with Crippen LogP contribution in [0.1, 0.15) is 47.3 Å². The van der Waals surface area contributed by atoms with Gasteiger partial charge in [-0.3, -0.25) is 4.79 Å². The Balaban J connectivity index is 0.00000147. The highest BCUT2D eigenvalue weighted by Crippen LogP contribution is 2.38. The lowest BCUT2D eigenvalue weighted by Gasteiger charge is -2.17. The molecule has 2 aliphatic rings. The van der Waals surface area contributed by atoms with Gasteiger partial charge in [0.25, 0.3) is 5.91 Å². The van der Waals surface area contributed by atoms with Crippen LogP contribution in [0.25, 0.3) is 0 Å². The molecule has 20 heavy (non-hydrogen) atoms. The maximum absolute atomic E-state index is 12.5. The van der Waals surface area contributed by atoms with Gasteiger partial charge in [0.15, 0.2) is 0 Å². The van der Waals surface area contributed by atoms with Gasteiger partial charge >= 0.3 is 0 Å². The van der Waals surface area contributed by atoms with Crippen molar-refractivity contribution >= 4 is 29.7 Å². The van der Waals surface area contributed by atoms with E-state index in [2.05, 4.69) is 18.8 Å². The average molecular weight is 316 g/mol. The van der Waals surface area contributed by atoms with Crippen LogP contribution in [-0.2, 0) is 0 Å². The molecule has 4 nitrogen and oxygen atoms in total. The van der Waals surface area contributed by atoms with E-state index in [4.69, 9.17) is 5.73 Å². The Labute approximate surface area is 130 Å². The van der Waals surface area contributed by atoms with E-state index in [-0.39, 0.29) is 24.4 Å². The number of thiazole rings is 1. The fourth-order valence-corrected chi connectivity index (χ4v) is 4.17. The van der Waals surface area contributed by atoms with Crippen molar-refractivity contribution in [1.29, 1.82) is 0 Å². The minimum Gasteiger partial charge on any atom is -0.337 e. The molecule has 0 spiro atoms. The highest BCUT2D eigenvalue weighted by Gasteiger charge is 2.42. The van der Waals surface area contributed by atoms with Crippen molar-refractivity contribution in [2.75, 3.05) is 13.1 Å². The second-order valence-electron chi connectivity index (χ2n) is 6.09. The van der Waals surface area contributed by atoms with Crippen LogP contribution in [0, 0.1) is 11.8 Å². The number of fused-ring (bicyclic) bond motifs is 1. The van der Waals surface area contributed by atoms with Crippen molar-refractivity contribution in [1.82, 2.24) is 9.88 Å². The molecule has 0 radical (unpaired) electrons. The molecule has 1 aliphatic carbocycles. The molecule has 1 saturated heterocycles. The van der Waals surface area contributed by atoms with E-state index in [1.807, 2.05) is 4.90 Å². The molecule has 1 aliphatic heterocycles. The van der Waals surface area contributed by atoms with E-state index < -0.39 is 0 Å². The summed E-state index contributed by atoms with van der Waals surface area (Å²) in [4.78, 5) is 19.6. The van der Waals surface area contributed by atoms with Gasteiger partial charge in [-0.1, -0.05) is 13.8 Å². The normalized spacial score (nSPS) is 28.6. The highest BCUT2D eigenvalue weighted by molar-refractivity contribution is 7.13. The number of carbonyl (C=O) groups is 1. The number of hydrogen-bond acceptors (Lipinski definition) is 4. The van der Waals surface area contributed by atoms with Crippen LogP contribution in [0.2, 0.25) is 0 Å². The summed E-state index contributed by atoms with van der Waals surface area (Å²) in [6, 6.07) is 0.287. The van der Waals surface area contributed by atoms with Crippen molar-refractivity contribution in [3.8, 4) is 0 Å². The van der Waals surface area contributed by atoms with Crippen molar-refractivity contribution in [2.45, 2.75) is 38.6 Å². The van der Waals surface area contributed by atoms with Gasteiger partial charge in [-0.15, -0.1) is 23.7 Å². The van der Waals surface area contributed by atoms with E-state index in [0.717, 1.165) is 29.4 Å². The molecule has 2 N–H and O–H groups in total. The number of hydrogen-bond donors (Lipinski definition) is 1. The molecule has 2 heterocycles. The molecule has 0 bridgehead atoms. The summed E-state index contributed by atoms with van der Waals surface area (Å²) < 4.78 is 0. The van der Waals surface area contributed by atoms with E-state index in [0.29, 0.717) is 17.8 Å². The molecular weight excluding hydrogens is 294 g/mol. The predicted molar refractivity (Wildman–Crippen MR) is 83.5 cm³/mol. The summed E-state index contributed by atoms with van der Waals surface area (Å²) in [6.07, 6.45) is 4.03. The fourth-order valence-electron chi connectivity index (χ4n) is 3.28. The zero-order valence-electron chi connectivity index (χ0n) is 11.9. The Bertz CT molecular complexity index is 491. The SMILES string of the molecule is CC(C)c1ncc(C(=O)N2CC3CCC(N)C3C2)s1.Cl. The smallest absolute Gasteiger partial charge is 0.265 e. The summed E-state index contributed by atoms with van der Waals surface area (Å²) in [6.45, 7) is 5.92. The van der Waals surface area contributed by atoms with Gasteiger partial charge in [-0.25, -0.2) is 4.98 Å². The maximum Gasteiger partial charge on any atom is 0.265 e. The van der Waals surface area contributed by atoms with E-state index >= 15 is 0 Å². The molecule has 3 rings (SSSR count). The number of likely N-dealkylation sites (tertiary alicyclic amines) is 1. The van der Waals surface area contributed by atoms with Crippen LogP contribution in [0.15, 0.2) is 6.20 Å². The van der Waals surface area contributed by atoms with Crippen molar-refractivity contribution in [3.63, 3.8) is 0 Å². The van der Waals surface area contributed by atoms with Crippen molar-refractivity contribution in [3.05, 3.63) is 16.1 Å². The lowest BCUT2D eigenvalue weighted by molar-refractivity contribution is 0.0784. The average Bonchev–Trinajstić information content (AvgIpc) is 3.05. The second kappa shape index (κ2) is 6.00. The summed E-state index contributed by atoms with van der Waals surface area (Å²) in [5.74, 6) is 1.67. The Kier molecular flexibility index (Phi) is 4.72. The molecule has 2 fully saturated rings. The molecule has 3 unspecified atom stereocenters. The first-order chi connectivity index (χ1) is 9.06. The van der Waals surface area contributed by atoms with Gasteiger partial charge in [0.05, 0.1) is 11.2 Å². The van der Waals surface area contributed by atoms with Crippen LogP contribution in [-0.4, -0.2) is 34.9 Å². The lowest BCUT2D eigenvalue weighted by Crippen LogP contribution is -2.33. The van der Waals surface area contributed by atoms with Gasteiger partial charge in [0.2, 0.25) is 0 Å². The minimum absolute atomic E-state index is 0. The fraction of sp³-hybridized carbons (Fsp3) is 0.714. The molecular formula is C14H22ClN3OS. The lowest BCUT2D eigenvalue weighted by atomic mass is 9.98. The number of rotatable bonds is 2. The Morgan fingerprint density at radius 1 is 1.45 bits per heavy atom. The zero-order valence-corrected chi connectivity index (χ0v) is 13.5. The van der Waals surface area contributed by atoms with Gasteiger partial charge in [0.1, 0.15) is 4.88 Å². The standard InChI is InChI=1S/C14H21N3OS.ClH/c1-8(2)13-16-5-12(19-13)14(18)17-6-9-3-4-11(15)10(9)7-17;/h5,8-11H,3-4,6-7,15H2,1-2H3;1H. The first kappa shape index (κ1) is 15.7. The minimum atomic E-state index is 0. The molecule has 0 aromatic carbocycles. The van der Waals surface area contributed by atoms with Crippen molar-refractivity contribution in [2.24, 2.45) is 17.6 Å². The van der Waals surface area contributed by atoms with Crippen LogP contribution in [0.3, 0.4) is 0 Å². The molecule has 112 valence electrons. The predicted octanol–water partition coefficient (Wildman–Crippen LogP) is 2.50. The third kappa shape index (κ3) is 2.71. The second-order valence-corrected chi connectivity index (χ2v) is 7.15. The molecule has 6 heteroatoms. The summed E-state index contributed by atoms with van der Waals surface area (Å²) in [5, 5.41) is 1.04. The maximum atomic E-state index is 12.5. The number of halogens is 1. The molecule has 1 amide bonds. The van der Waals surface area contributed by atoms with E-state index in [9.17, 15) is 4.79 Å². The van der Waals surface area contributed by atoms with E-state index in [1.54, 1.807) is 6.20 Å². The Hall–Kier alpha value is -0.650. The number of carbonyl (C=O) groups excluding carboxylic acids is 1. The topological polar surface area (TPSA) is 59.2 Å². The monoisotopic (exact) mass is 315 g/mol. The quantitative estimate of drug-likeness (QED) is 0.912. The van der Waals surface area contributed by atoms with Gasteiger partial charge in [-0.2, -0.15) is 0 Å². The van der Waals surface area contributed by atoms with Gasteiger partial charge < -0.3 is 10.6 Å². The van der Waals surface area contributed by atoms with Gasteiger partial charge in [0, 0.05) is 25.0 Å². The van der Waals surface area contributed by atoms with Crippen molar-refractivity contribution < 1.29 is 4.79 Å². The Morgan fingerprint density at radius 2 is 2.20 bits per heavy atom. The summed E-state index contributed by atoms with van der Waals surface area (Å²) in [5.41, 5.74) is 6.12. The molecule has 3 atom stereocenters. The van der Waals surface area contributed by atoms with Crippen LogP contribution in [0.5, 0.6) is 0 Å².